The highest BCUT2D eigenvalue weighted by Gasteiger charge is 2.10. The van der Waals surface area contributed by atoms with Gasteiger partial charge in [-0.3, -0.25) is 4.98 Å². The summed E-state index contributed by atoms with van der Waals surface area (Å²) in [6, 6.07) is 15.2. The fourth-order valence-corrected chi connectivity index (χ4v) is 2.63. The minimum atomic E-state index is -0.135. The molecule has 1 aromatic heterocycles. The van der Waals surface area contributed by atoms with E-state index in [0.717, 1.165) is 28.0 Å². The topological polar surface area (TPSA) is 40.6 Å². The first-order valence-corrected chi connectivity index (χ1v) is 7.98. The first-order valence-electron chi connectivity index (χ1n) is 7.60. The summed E-state index contributed by atoms with van der Waals surface area (Å²) in [6.07, 6.45) is 1.56. The van der Waals surface area contributed by atoms with Gasteiger partial charge in [0.25, 0.3) is 0 Å². The molecular formula is C19H18ClNO3. The summed E-state index contributed by atoms with van der Waals surface area (Å²) in [6.45, 7) is 2.21. The molecule has 1 unspecified atom stereocenters. The van der Waals surface area contributed by atoms with E-state index in [1.54, 1.807) is 19.4 Å². The molecule has 3 aromatic rings. The van der Waals surface area contributed by atoms with E-state index in [4.69, 9.17) is 25.8 Å². The predicted molar refractivity (Wildman–Crippen MR) is 94.7 cm³/mol. The summed E-state index contributed by atoms with van der Waals surface area (Å²) in [4.78, 5) is 4.29. The predicted octanol–water partition coefficient (Wildman–Crippen LogP) is 5.01. The van der Waals surface area contributed by atoms with Crippen molar-refractivity contribution >= 4 is 22.5 Å². The number of halogens is 1. The molecule has 0 radical (unpaired) electrons. The van der Waals surface area contributed by atoms with Gasteiger partial charge in [-0.1, -0.05) is 23.7 Å². The third-order valence-corrected chi connectivity index (χ3v) is 3.97. The van der Waals surface area contributed by atoms with Crippen molar-refractivity contribution in [2.45, 2.75) is 13.0 Å². The second-order valence-corrected chi connectivity index (χ2v) is 5.76. The Bertz CT molecular complexity index is 838. The van der Waals surface area contributed by atoms with E-state index >= 15 is 0 Å². The van der Waals surface area contributed by atoms with E-state index in [9.17, 15) is 0 Å². The van der Waals surface area contributed by atoms with Gasteiger partial charge in [0.1, 0.15) is 17.6 Å². The maximum atomic E-state index is 6.23. The van der Waals surface area contributed by atoms with Gasteiger partial charge in [0.2, 0.25) is 0 Å². The van der Waals surface area contributed by atoms with Crippen LogP contribution in [0.3, 0.4) is 0 Å². The number of rotatable bonds is 6. The Hall–Kier alpha value is -2.30. The number of methoxy groups -OCH3 is 1. The number of pyridine rings is 1. The molecule has 0 bridgehead atoms. The van der Waals surface area contributed by atoms with E-state index in [0.29, 0.717) is 5.02 Å². The van der Waals surface area contributed by atoms with Gasteiger partial charge in [0.15, 0.2) is 6.79 Å². The minimum Gasteiger partial charge on any atom is -0.486 e. The van der Waals surface area contributed by atoms with Crippen LogP contribution in [0.1, 0.15) is 18.6 Å². The van der Waals surface area contributed by atoms with Crippen LogP contribution in [0.2, 0.25) is 5.02 Å². The highest BCUT2D eigenvalue weighted by molar-refractivity contribution is 6.35. The molecule has 0 saturated heterocycles. The zero-order valence-corrected chi connectivity index (χ0v) is 14.3. The molecule has 4 nitrogen and oxygen atoms in total. The van der Waals surface area contributed by atoms with Gasteiger partial charge >= 0.3 is 0 Å². The van der Waals surface area contributed by atoms with Crippen LogP contribution in [0.4, 0.5) is 0 Å². The summed E-state index contributed by atoms with van der Waals surface area (Å²) in [5, 5.41) is 1.54. The molecule has 0 aliphatic rings. The smallest absolute Gasteiger partial charge is 0.188 e. The summed E-state index contributed by atoms with van der Waals surface area (Å²) in [5.74, 6) is 1.49. The van der Waals surface area contributed by atoms with Crippen LogP contribution in [-0.2, 0) is 4.74 Å². The molecule has 3 rings (SSSR count). The normalized spacial score (nSPS) is 12.1. The van der Waals surface area contributed by atoms with Crippen molar-refractivity contribution in [1.82, 2.24) is 4.98 Å². The van der Waals surface area contributed by atoms with Gasteiger partial charge in [-0.05, 0) is 48.9 Å². The second kappa shape index (κ2) is 7.51. The monoisotopic (exact) mass is 343 g/mol. The molecule has 1 atom stereocenters. The lowest BCUT2D eigenvalue weighted by Gasteiger charge is -2.16. The third-order valence-electron chi connectivity index (χ3n) is 3.64. The number of ether oxygens (including phenoxy) is 3. The zero-order chi connectivity index (χ0) is 16.9. The molecular weight excluding hydrogens is 326 g/mol. The summed E-state index contributed by atoms with van der Waals surface area (Å²) >= 11 is 6.23. The van der Waals surface area contributed by atoms with E-state index in [-0.39, 0.29) is 12.9 Å². The van der Waals surface area contributed by atoms with Crippen molar-refractivity contribution in [2.24, 2.45) is 0 Å². The van der Waals surface area contributed by atoms with Crippen LogP contribution in [0.5, 0.6) is 11.5 Å². The summed E-state index contributed by atoms with van der Waals surface area (Å²) in [7, 11) is 1.59. The Kier molecular flexibility index (Phi) is 5.18. The molecule has 0 aliphatic carbocycles. The number of hydrogen-bond acceptors (Lipinski definition) is 4. The highest BCUT2D eigenvalue weighted by Crippen LogP contribution is 2.29. The van der Waals surface area contributed by atoms with Crippen LogP contribution in [0.15, 0.2) is 54.7 Å². The molecule has 0 spiro atoms. The largest absolute Gasteiger partial charge is 0.486 e. The lowest BCUT2D eigenvalue weighted by atomic mass is 10.1. The lowest BCUT2D eigenvalue weighted by molar-refractivity contribution is 0.0509. The fraction of sp³-hybridized carbons (Fsp3) is 0.211. The number of hydrogen-bond donors (Lipinski definition) is 0. The molecule has 124 valence electrons. The zero-order valence-electron chi connectivity index (χ0n) is 13.5. The Labute approximate surface area is 145 Å². The highest BCUT2D eigenvalue weighted by atomic mass is 35.5. The van der Waals surface area contributed by atoms with Crippen LogP contribution in [0, 0.1) is 0 Å². The maximum absolute atomic E-state index is 6.23. The van der Waals surface area contributed by atoms with Gasteiger partial charge in [0.05, 0.1) is 10.5 Å². The first-order chi connectivity index (χ1) is 11.7. The van der Waals surface area contributed by atoms with Gasteiger partial charge < -0.3 is 14.2 Å². The molecule has 2 aromatic carbocycles. The molecule has 24 heavy (non-hydrogen) atoms. The molecule has 0 saturated carbocycles. The molecule has 0 fully saturated rings. The van der Waals surface area contributed by atoms with Crippen molar-refractivity contribution < 1.29 is 14.2 Å². The van der Waals surface area contributed by atoms with E-state index in [1.165, 1.54) is 0 Å². The molecule has 0 amide bonds. The average Bonchev–Trinajstić information content (AvgIpc) is 2.61. The standard InChI is InChI=1S/C19H18ClNO3/c1-13(14-4-3-5-15(10-14)23-12-22-2)24-16-6-7-19-17(11-16)18(20)8-9-21-19/h3-11,13H,12H2,1-2H3. The van der Waals surface area contributed by atoms with Gasteiger partial charge in [0, 0.05) is 18.7 Å². The quantitative estimate of drug-likeness (QED) is 0.590. The van der Waals surface area contributed by atoms with Gasteiger partial charge in [-0.2, -0.15) is 0 Å². The van der Waals surface area contributed by atoms with Crippen LogP contribution >= 0.6 is 11.6 Å². The SMILES string of the molecule is COCOc1cccc(C(C)Oc2ccc3nccc(Cl)c3c2)c1. The summed E-state index contributed by atoms with van der Waals surface area (Å²) in [5.41, 5.74) is 1.86. The molecule has 0 aliphatic heterocycles. The van der Waals surface area contributed by atoms with Gasteiger partial charge in [-0.25, -0.2) is 0 Å². The van der Waals surface area contributed by atoms with Crippen molar-refractivity contribution in [3.05, 3.63) is 65.3 Å². The summed E-state index contributed by atoms with van der Waals surface area (Å²) < 4.78 is 16.4. The number of benzene rings is 2. The van der Waals surface area contributed by atoms with E-state index in [2.05, 4.69) is 4.98 Å². The Morgan fingerprint density at radius 2 is 1.96 bits per heavy atom. The number of fused-ring (bicyclic) bond motifs is 1. The van der Waals surface area contributed by atoms with Crippen molar-refractivity contribution in [3.8, 4) is 11.5 Å². The Morgan fingerprint density at radius 1 is 1.08 bits per heavy atom. The van der Waals surface area contributed by atoms with Crippen molar-refractivity contribution in [3.63, 3.8) is 0 Å². The molecule has 0 N–H and O–H groups in total. The average molecular weight is 344 g/mol. The second-order valence-electron chi connectivity index (χ2n) is 5.36. The van der Waals surface area contributed by atoms with Crippen LogP contribution < -0.4 is 9.47 Å². The van der Waals surface area contributed by atoms with E-state index in [1.807, 2.05) is 49.4 Å². The third kappa shape index (κ3) is 3.78. The molecule has 5 heteroatoms. The lowest BCUT2D eigenvalue weighted by Crippen LogP contribution is -2.04. The van der Waals surface area contributed by atoms with Crippen LogP contribution in [0.25, 0.3) is 10.9 Å². The molecule has 1 heterocycles. The van der Waals surface area contributed by atoms with Crippen molar-refractivity contribution in [1.29, 1.82) is 0 Å². The fourth-order valence-electron chi connectivity index (χ4n) is 2.42. The van der Waals surface area contributed by atoms with Gasteiger partial charge in [-0.15, -0.1) is 0 Å². The van der Waals surface area contributed by atoms with E-state index < -0.39 is 0 Å². The van der Waals surface area contributed by atoms with Crippen LogP contribution in [-0.4, -0.2) is 18.9 Å². The first kappa shape index (κ1) is 16.6. The Morgan fingerprint density at radius 3 is 2.79 bits per heavy atom. The maximum Gasteiger partial charge on any atom is 0.188 e. The number of nitrogens with zero attached hydrogens (tertiary/aromatic N) is 1. The van der Waals surface area contributed by atoms with Crippen molar-refractivity contribution in [2.75, 3.05) is 13.9 Å². The minimum absolute atomic E-state index is 0.135. The Balaban J connectivity index is 1.79. The number of aromatic nitrogens is 1.